The average molecular weight is 223 g/mol. The number of benzene rings is 1. The predicted molar refractivity (Wildman–Crippen MR) is 59.2 cm³/mol. The van der Waals surface area contributed by atoms with Gasteiger partial charge in [0.2, 0.25) is 5.88 Å². The summed E-state index contributed by atoms with van der Waals surface area (Å²) in [7, 11) is 0. The molecule has 0 bridgehead atoms. The summed E-state index contributed by atoms with van der Waals surface area (Å²) < 4.78 is 5.01. The van der Waals surface area contributed by atoms with E-state index in [0.717, 1.165) is 0 Å². The van der Waals surface area contributed by atoms with Crippen molar-refractivity contribution in [1.29, 1.82) is 5.26 Å². The van der Waals surface area contributed by atoms with Crippen LogP contribution in [0.1, 0.15) is 15.9 Å². The van der Waals surface area contributed by atoms with Crippen LogP contribution in [0.5, 0.6) is 5.88 Å². The van der Waals surface area contributed by atoms with Crippen LogP contribution in [0.2, 0.25) is 0 Å². The molecule has 1 aromatic heterocycles. The third kappa shape index (κ3) is 2.67. The molecule has 0 atom stereocenters. The first-order chi connectivity index (χ1) is 8.29. The zero-order valence-corrected chi connectivity index (χ0v) is 8.75. The van der Waals surface area contributed by atoms with E-state index in [1.54, 1.807) is 30.3 Å². The summed E-state index contributed by atoms with van der Waals surface area (Å²) in [5.74, 6) is -0.445. The van der Waals surface area contributed by atoms with Crippen LogP contribution in [-0.2, 0) is 0 Å². The zero-order chi connectivity index (χ0) is 12.1. The summed E-state index contributed by atoms with van der Waals surface area (Å²) in [5, 5.41) is 8.67. The van der Waals surface area contributed by atoms with E-state index in [-0.39, 0.29) is 5.88 Å². The van der Waals surface area contributed by atoms with E-state index in [9.17, 15) is 4.79 Å². The minimum Gasteiger partial charge on any atom is -0.404 e. The average Bonchev–Trinajstić information content (AvgIpc) is 2.40. The van der Waals surface area contributed by atoms with Gasteiger partial charge in [-0.25, -0.2) is 9.78 Å². The van der Waals surface area contributed by atoms with Crippen LogP contribution in [0.15, 0.2) is 42.5 Å². The maximum atomic E-state index is 11.7. The Balaban J connectivity index is 2.17. The van der Waals surface area contributed by atoms with Crippen LogP contribution in [0.25, 0.3) is 0 Å². The fourth-order valence-electron chi connectivity index (χ4n) is 1.22. The van der Waals surface area contributed by atoms with Crippen molar-refractivity contribution >= 4 is 5.97 Å². The molecule has 2 aromatic rings. The molecule has 17 heavy (non-hydrogen) atoms. The van der Waals surface area contributed by atoms with Crippen LogP contribution < -0.4 is 4.74 Å². The third-order valence-corrected chi connectivity index (χ3v) is 2.01. The van der Waals surface area contributed by atoms with Crippen molar-refractivity contribution in [2.24, 2.45) is 0 Å². The molecule has 0 fully saturated rings. The number of carbonyl (C=O) groups excluding carboxylic acids is 1. The number of carbonyl (C=O) groups is 1. The first-order valence-electron chi connectivity index (χ1n) is 4.85. The monoisotopic (exact) mass is 223 g/mol. The summed E-state index contributed by atoms with van der Waals surface area (Å²) in [6.07, 6.45) is 2.49. The van der Waals surface area contributed by atoms with Crippen molar-refractivity contribution in [3.8, 4) is 11.9 Å². The number of esters is 1. The normalized spacial score (nSPS) is 9.35. The highest BCUT2D eigenvalue weighted by Gasteiger charge is 2.08. The minimum absolute atomic E-state index is 0.0675. The number of hydrogen-bond acceptors (Lipinski definition) is 4. The highest BCUT2D eigenvalue weighted by atomic mass is 16.5. The molecule has 0 N–H and O–H groups in total. The van der Waals surface area contributed by atoms with E-state index < -0.39 is 5.97 Å². The number of ether oxygens (including phenoxy) is 1. The molecule has 0 aliphatic heterocycles. The van der Waals surface area contributed by atoms with Gasteiger partial charge < -0.3 is 4.74 Å². The smallest absolute Gasteiger partial charge is 0.344 e. The Morgan fingerprint density at radius 2 is 2.12 bits per heavy atom. The van der Waals surface area contributed by atoms with E-state index in [2.05, 4.69) is 11.2 Å². The molecule has 4 heteroatoms. The molecule has 81 valence electrons. The molecule has 1 aromatic carbocycles. The molecule has 0 saturated heterocycles. The standard InChI is InChI=1S/C13H7N2O2/c14-9-10-6-7-15-12(8-10)17-13(16)11-4-2-1-3-5-11/h1-6,8H. The van der Waals surface area contributed by atoms with Gasteiger partial charge in [-0.1, -0.05) is 18.2 Å². The molecule has 0 aliphatic carbocycles. The summed E-state index contributed by atoms with van der Waals surface area (Å²) in [6, 6.07) is 13.3. The predicted octanol–water partition coefficient (Wildman–Crippen LogP) is 1.97. The molecule has 0 saturated carbocycles. The van der Waals surface area contributed by atoms with E-state index >= 15 is 0 Å². The van der Waals surface area contributed by atoms with Gasteiger partial charge in [-0.3, -0.25) is 0 Å². The van der Waals surface area contributed by atoms with Gasteiger partial charge in [-0.05, 0) is 18.2 Å². The summed E-state index contributed by atoms with van der Waals surface area (Å²) in [5.41, 5.74) is 0.771. The Hall–Kier alpha value is -2.67. The minimum atomic E-state index is -0.512. The van der Waals surface area contributed by atoms with Gasteiger partial charge in [0.25, 0.3) is 0 Å². The number of aromatic nitrogens is 1. The summed E-state index contributed by atoms with van der Waals surface area (Å²) in [6.45, 7) is 0. The molecule has 0 spiro atoms. The molecule has 0 aliphatic rings. The van der Waals surface area contributed by atoms with Gasteiger partial charge in [-0.2, -0.15) is 5.26 Å². The number of nitriles is 1. The topological polar surface area (TPSA) is 63.0 Å². The van der Waals surface area contributed by atoms with Gasteiger partial charge in [0.15, 0.2) is 0 Å². The van der Waals surface area contributed by atoms with Gasteiger partial charge in [0.1, 0.15) is 0 Å². The van der Waals surface area contributed by atoms with Gasteiger partial charge in [0.05, 0.1) is 23.4 Å². The molecule has 0 unspecified atom stereocenters. The second-order valence-electron chi connectivity index (χ2n) is 3.19. The van der Waals surface area contributed by atoms with E-state index in [0.29, 0.717) is 11.1 Å². The fraction of sp³-hybridized carbons (Fsp3) is 0. The number of pyridine rings is 1. The Morgan fingerprint density at radius 3 is 2.82 bits per heavy atom. The molecule has 1 heterocycles. The fourth-order valence-corrected chi connectivity index (χ4v) is 1.22. The van der Waals surface area contributed by atoms with Crippen molar-refractivity contribution in [2.75, 3.05) is 0 Å². The molecular weight excluding hydrogens is 216 g/mol. The first-order valence-corrected chi connectivity index (χ1v) is 4.85. The lowest BCUT2D eigenvalue weighted by atomic mass is 10.2. The first kappa shape index (κ1) is 10.8. The van der Waals surface area contributed by atoms with Crippen molar-refractivity contribution < 1.29 is 9.53 Å². The third-order valence-electron chi connectivity index (χ3n) is 2.01. The molecule has 0 amide bonds. The Kier molecular flexibility index (Phi) is 3.13. The van der Waals surface area contributed by atoms with Crippen LogP contribution >= 0.6 is 0 Å². The SMILES string of the molecule is N#Cc1c[c]nc(OC(=O)c2ccccc2)c1. The van der Waals surface area contributed by atoms with Crippen LogP contribution in [-0.4, -0.2) is 11.0 Å². The van der Waals surface area contributed by atoms with Crippen molar-refractivity contribution in [3.05, 3.63) is 59.8 Å². The summed E-state index contributed by atoms with van der Waals surface area (Å²) in [4.78, 5) is 15.4. The Labute approximate surface area is 98.1 Å². The highest BCUT2D eigenvalue weighted by molar-refractivity contribution is 5.90. The second kappa shape index (κ2) is 4.90. The molecule has 1 radical (unpaired) electrons. The number of hydrogen-bond donors (Lipinski definition) is 0. The Morgan fingerprint density at radius 1 is 1.35 bits per heavy atom. The van der Waals surface area contributed by atoms with Crippen molar-refractivity contribution in [2.45, 2.75) is 0 Å². The number of nitrogens with zero attached hydrogens (tertiary/aromatic N) is 2. The molecular formula is C13H7N2O2. The lowest BCUT2D eigenvalue weighted by molar-refractivity contribution is 0.0727. The van der Waals surface area contributed by atoms with E-state index in [1.165, 1.54) is 12.1 Å². The molecule has 4 nitrogen and oxygen atoms in total. The zero-order valence-electron chi connectivity index (χ0n) is 8.75. The quantitative estimate of drug-likeness (QED) is 0.730. The Bertz CT molecular complexity index is 573. The largest absolute Gasteiger partial charge is 0.404 e. The van der Waals surface area contributed by atoms with E-state index in [1.807, 2.05) is 6.07 Å². The lowest BCUT2D eigenvalue weighted by Crippen LogP contribution is -2.09. The van der Waals surface area contributed by atoms with Crippen LogP contribution in [0.4, 0.5) is 0 Å². The highest BCUT2D eigenvalue weighted by Crippen LogP contribution is 2.10. The molecule has 2 rings (SSSR count). The number of rotatable bonds is 2. The lowest BCUT2D eigenvalue weighted by Gasteiger charge is -2.02. The maximum Gasteiger partial charge on any atom is 0.344 e. The van der Waals surface area contributed by atoms with Crippen LogP contribution in [0.3, 0.4) is 0 Å². The van der Waals surface area contributed by atoms with Gasteiger partial charge >= 0.3 is 5.97 Å². The van der Waals surface area contributed by atoms with Crippen LogP contribution in [0, 0.1) is 17.5 Å². The van der Waals surface area contributed by atoms with E-state index in [4.69, 9.17) is 10.00 Å². The second-order valence-corrected chi connectivity index (χ2v) is 3.19. The van der Waals surface area contributed by atoms with Crippen molar-refractivity contribution in [3.63, 3.8) is 0 Å². The van der Waals surface area contributed by atoms with Crippen molar-refractivity contribution in [1.82, 2.24) is 4.98 Å². The van der Waals surface area contributed by atoms with Gasteiger partial charge in [0, 0.05) is 6.07 Å². The van der Waals surface area contributed by atoms with Gasteiger partial charge in [-0.15, -0.1) is 0 Å². The summed E-state index contributed by atoms with van der Waals surface area (Å²) >= 11 is 0. The maximum absolute atomic E-state index is 11.7.